The van der Waals surface area contributed by atoms with Crippen molar-refractivity contribution in [3.05, 3.63) is 28.8 Å². The molecule has 0 bridgehead atoms. The molecule has 0 saturated carbocycles. The van der Waals surface area contributed by atoms with Crippen LogP contribution in [-0.2, 0) is 0 Å². The highest BCUT2D eigenvalue weighted by Gasteiger charge is 2.00. The van der Waals surface area contributed by atoms with Gasteiger partial charge in [0.2, 0.25) is 0 Å². The first kappa shape index (κ1) is 7.43. The number of hydrogen-bond acceptors (Lipinski definition) is 3. The molecule has 2 heterocycles. The summed E-state index contributed by atoms with van der Waals surface area (Å²) in [6.07, 6.45) is 0.863. The average molecular weight is 177 g/mol. The van der Waals surface area contributed by atoms with E-state index >= 15 is 0 Å². The Balaban J connectivity index is 2.75. The number of nitrogens with zero attached hydrogens (tertiary/aromatic N) is 1. The first-order chi connectivity index (χ1) is 5.79. The number of aldehydes is 1. The lowest BCUT2D eigenvalue weighted by Gasteiger charge is -1.89. The summed E-state index contributed by atoms with van der Waals surface area (Å²) in [6, 6.07) is 5.80. The molecule has 2 aromatic heterocycles. The summed E-state index contributed by atoms with van der Waals surface area (Å²) in [5, 5.41) is 1.05. The molecule has 0 aliphatic rings. The third-order valence-corrected chi connectivity index (χ3v) is 2.63. The molecule has 60 valence electrons. The van der Waals surface area contributed by atoms with Gasteiger partial charge in [0.25, 0.3) is 0 Å². The predicted molar refractivity (Wildman–Crippen MR) is 49.7 cm³/mol. The second-order valence-corrected chi connectivity index (χ2v) is 3.68. The van der Waals surface area contributed by atoms with Gasteiger partial charge in [-0.1, -0.05) is 6.07 Å². The van der Waals surface area contributed by atoms with Crippen molar-refractivity contribution in [2.75, 3.05) is 0 Å². The zero-order chi connectivity index (χ0) is 8.55. The zero-order valence-corrected chi connectivity index (χ0v) is 7.39. The van der Waals surface area contributed by atoms with Crippen molar-refractivity contribution >= 4 is 27.8 Å². The quantitative estimate of drug-likeness (QED) is 0.626. The van der Waals surface area contributed by atoms with Gasteiger partial charge in [0.15, 0.2) is 6.29 Å². The Labute approximate surface area is 73.9 Å². The lowest BCUT2D eigenvalue weighted by molar-refractivity contribution is 0.112. The van der Waals surface area contributed by atoms with Gasteiger partial charge in [-0.2, -0.15) is 0 Å². The minimum absolute atomic E-state index is 0.739. The maximum atomic E-state index is 10.4. The number of hydrogen-bond donors (Lipinski definition) is 0. The smallest absolute Gasteiger partial charge is 0.160 e. The van der Waals surface area contributed by atoms with Crippen LogP contribution in [0.1, 0.15) is 15.4 Å². The van der Waals surface area contributed by atoms with Gasteiger partial charge < -0.3 is 0 Å². The van der Waals surface area contributed by atoms with Crippen LogP contribution in [0.2, 0.25) is 0 Å². The van der Waals surface area contributed by atoms with Crippen LogP contribution in [0.4, 0.5) is 0 Å². The Hall–Kier alpha value is -1.22. The van der Waals surface area contributed by atoms with Crippen molar-refractivity contribution < 1.29 is 4.79 Å². The Kier molecular flexibility index (Phi) is 1.66. The normalized spacial score (nSPS) is 10.4. The van der Waals surface area contributed by atoms with Crippen LogP contribution in [0, 0.1) is 6.92 Å². The number of carbonyl (C=O) groups excluding carboxylic acids is 1. The fourth-order valence-electron chi connectivity index (χ4n) is 1.09. The molecule has 0 aliphatic carbocycles. The van der Waals surface area contributed by atoms with Crippen LogP contribution < -0.4 is 0 Å². The predicted octanol–water partition coefficient (Wildman–Crippen LogP) is 2.42. The van der Waals surface area contributed by atoms with Crippen LogP contribution >= 0.6 is 11.3 Å². The lowest BCUT2D eigenvalue weighted by atomic mass is 10.3. The Morgan fingerprint density at radius 1 is 1.50 bits per heavy atom. The molecule has 2 aromatic rings. The van der Waals surface area contributed by atoms with Gasteiger partial charge in [0.1, 0.15) is 4.83 Å². The van der Waals surface area contributed by atoms with E-state index in [0.29, 0.717) is 0 Å². The van der Waals surface area contributed by atoms with E-state index in [1.54, 1.807) is 0 Å². The highest BCUT2D eigenvalue weighted by Crippen LogP contribution is 2.22. The van der Waals surface area contributed by atoms with Gasteiger partial charge in [-0.3, -0.25) is 4.79 Å². The molecule has 0 atom stereocenters. The number of rotatable bonds is 1. The van der Waals surface area contributed by atoms with Crippen LogP contribution in [0.3, 0.4) is 0 Å². The van der Waals surface area contributed by atoms with Crippen LogP contribution in [-0.4, -0.2) is 11.3 Å². The third kappa shape index (κ3) is 1.12. The van der Waals surface area contributed by atoms with Crippen LogP contribution in [0.5, 0.6) is 0 Å². The molecule has 2 nitrogen and oxygen atoms in total. The largest absolute Gasteiger partial charge is 0.297 e. The standard InChI is InChI=1S/C9H7NOS/c1-6-2-3-7-4-8(5-11)12-9(7)10-6/h2-5H,1H3. The molecule has 0 unspecified atom stereocenters. The van der Waals surface area contributed by atoms with Gasteiger partial charge in [-0.05, 0) is 19.1 Å². The summed E-state index contributed by atoms with van der Waals surface area (Å²) in [7, 11) is 0. The monoisotopic (exact) mass is 177 g/mol. The van der Waals surface area contributed by atoms with E-state index in [2.05, 4.69) is 4.98 Å². The fourth-order valence-corrected chi connectivity index (χ4v) is 1.98. The number of pyridine rings is 1. The summed E-state index contributed by atoms with van der Waals surface area (Å²) in [4.78, 5) is 16.4. The van der Waals surface area contributed by atoms with E-state index in [-0.39, 0.29) is 0 Å². The van der Waals surface area contributed by atoms with Gasteiger partial charge >= 0.3 is 0 Å². The summed E-state index contributed by atoms with van der Waals surface area (Å²) < 4.78 is 0. The van der Waals surface area contributed by atoms with Crippen LogP contribution in [0.25, 0.3) is 10.2 Å². The van der Waals surface area contributed by atoms with E-state index in [0.717, 1.165) is 27.1 Å². The molecular weight excluding hydrogens is 170 g/mol. The van der Waals surface area contributed by atoms with Crippen molar-refractivity contribution in [3.63, 3.8) is 0 Å². The minimum atomic E-state index is 0.739. The molecule has 0 aliphatic heterocycles. The topological polar surface area (TPSA) is 30.0 Å². The minimum Gasteiger partial charge on any atom is -0.297 e. The fraction of sp³-hybridized carbons (Fsp3) is 0.111. The average Bonchev–Trinajstić information content (AvgIpc) is 2.46. The number of thiophene rings is 1. The van der Waals surface area contributed by atoms with E-state index in [9.17, 15) is 4.79 Å². The molecule has 0 amide bonds. The van der Waals surface area contributed by atoms with Crippen molar-refractivity contribution in [1.29, 1.82) is 0 Å². The molecule has 0 spiro atoms. The first-order valence-corrected chi connectivity index (χ1v) is 4.43. The highest BCUT2D eigenvalue weighted by atomic mass is 32.1. The summed E-state index contributed by atoms with van der Waals surface area (Å²) in [6.45, 7) is 1.94. The second kappa shape index (κ2) is 2.68. The van der Waals surface area contributed by atoms with Gasteiger partial charge in [-0.15, -0.1) is 11.3 Å². The third-order valence-electron chi connectivity index (χ3n) is 1.66. The molecular formula is C9H7NOS. The van der Waals surface area contributed by atoms with Crippen LogP contribution in [0.15, 0.2) is 18.2 Å². The number of carbonyl (C=O) groups is 1. The molecule has 2 rings (SSSR count). The van der Waals surface area contributed by atoms with Gasteiger partial charge in [-0.25, -0.2) is 4.98 Å². The molecule has 0 N–H and O–H groups in total. The van der Waals surface area contributed by atoms with E-state index in [1.165, 1.54) is 11.3 Å². The molecule has 0 radical (unpaired) electrons. The Morgan fingerprint density at radius 3 is 3.08 bits per heavy atom. The maximum absolute atomic E-state index is 10.4. The lowest BCUT2D eigenvalue weighted by Crippen LogP contribution is -1.75. The first-order valence-electron chi connectivity index (χ1n) is 3.62. The maximum Gasteiger partial charge on any atom is 0.160 e. The Bertz CT molecular complexity index is 433. The van der Waals surface area contributed by atoms with Gasteiger partial charge in [0.05, 0.1) is 4.88 Å². The van der Waals surface area contributed by atoms with Crippen molar-refractivity contribution in [2.24, 2.45) is 0 Å². The SMILES string of the molecule is Cc1ccc2cc(C=O)sc2n1. The Morgan fingerprint density at radius 2 is 2.33 bits per heavy atom. The number of aryl methyl sites for hydroxylation is 1. The molecule has 12 heavy (non-hydrogen) atoms. The molecule has 0 aromatic carbocycles. The molecule has 3 heteroatoms. The van der Waals surface area contributed by atoms with Crippen molar-refractivity contribution in [2.45, 2.75) is 6.92 Å². The van der Waals surface area contributed by atoms with Crippen molar-refractivity contribution in [1.82, 2.24) is 4.98 Å². The molecule has 0 saturated heterocycles. The van der Waals surface area contributed by atoms with E-state index in [1.807, 2.05) is 25.1 Å². The number of aromatic nitrogens is 1. The van der Waals surface area contributed by atoms with E-state index < -0.39 is 0 Å². The highest BCUT2D eigenvalue weighted by molar-refractivity contribution is 7.20. The molecule has 0 fully saturated rings. The number of fused-ring (bicyclic) bond motifs is 1. The summed E-state index contributed by atoms with van der Waals surface area (Å²) >= 11 is 1.43. The van der Waals surface area contributed by atoms with Gasteiger partial charge in [0, 0.05) is 11.1 Å². The van der Waals surface area contributed by atoms with Crippen molar-refractivity contribution in [3.8, 4) is 0 Å². The van der Waals surface area contributed by atoms with E-state index in [4.69, 9.17) is 0 Å². The summed E-state index contributed by atoms with van der Waals surface area (Å²) in [5.74, 6) is 0. The second-order valence-electron chi connectivity index (χ2n) is 2.61. The zero-order valence-electron chi connectivity index (χ0n) is 6.57. The summed E-state index contributed by atoms with van der Waals surface area (Å²) in [5.41, 5.74) is 0.988.